The van der Waals surface area contributed by atoms with Gasteiger partial charge in [-0.2, -0.15) is 8.42 Å². The van der Waals surface area contributed by atoms with Crippen LogP contribution in [0.2, 0.25) is 0 Å². The van der Waals surface area contributed by atoms with Crippen LogP contribution in [0.3, 0.4) is 0 Å². The molecule has 0 fully saturated rings. The van der Waals surface area contributed by atoms with Crippen LogP contribution in [0.4, 0.5) is 0 Å². The molecule has 6 heteroatoms. The van der Waals surface area contributed by atoms with E-state index >= 15 is 0 Å². The number of aryl methyl sites for hydroxylation is 1. The summed E-state index contributed by atoms with van der Waals surface area (Å²) in [5, 5.41) is 1.85. The third kappa shape index (κ3) is 3.46. The van der Waals surface area contributed by atoms with Crippen molar-refractivity contribution in [1.29, 1.82) is 0 Å². The Hall–Kier alpha value is -3.61. The van der Waals surface area contributed by atoms with Crippen LogP contribution in [0, 0.1) is 6.92 Å². The molecule has 0 radical (unpaired) electrons. The van der Waals surface area contributed by atoms with Crippen molar-refractivity contribution in [2.75, 3.05) is 0 Å². The fourth-order valence-electron chi connectivity index (χ4n) is 3.89. The van der Waals surface area contributed by atoms with Gasteiger partial charge in [0.1, 0.15) is 0 Å². The summed E-state index contributed by atoms with van der Waals surface area (Å²) < 4.78 is 32.6. The van der Waals surface area contributed by atoms with Crippen LogP contribution in [-0.4, -0.2) is 22.9 Å². The van der Waals surface area contributed by atoms with Gasteiger partial charge in [-0.3, -0.25) is 14.5 Å². The zero-order chi connectivity index (χ0) is 21.6. The van der Waals surface area contributed by atoms with Crippen molar-refractivity contribution in [1.82, 2.24) is 9.97 Å². The van der Waals surface area contributed by atoms with E-state index in [1.165, 1.54) is 17.7 Å². The summed E-state index contributed by atoms with van der Waals surface area (Å²) in [5.41, 5.74) is 6.40. The van der Waals surface area contributed by atoms with E-state index in [1.807, 2.05) is 30.3 Å². The molecule has 0 aliphatic rings. The largest absolute Gasteiger partial charge is 0.294 e. The van der Waals surface area contributed by atoms with Crippen LogP contribution in [0.25, 0.3) is 44.1 Å². The molecule has 152 valence electrons. The Morgan fingerprint density at radius 1 is 0.710 bits per heavy atom. The van der Waals surface area contributed by atoms with E-state index in [9.17, 15) is 13.0 Å². The molecule has 0 saturated heterocycles. The lowest BCUT2D eigenvalue weighted by Crippen LogP contribution is -1.98. The standard InChI is InChI=1S/C25H18N2O3S/c1-16-5-7-17(8-6-16)20-11-13-26-24-22(20)9-10-23-21(12-14-27-25(23)24)18-3-2-4-19(15-18)31(28,29)30/h2-15H,1H3,(H,28,29,30). The quantitative estimate of drug-likeness (QED) is 0.297. The third-order valence-electron chi connectivity index (χ3n) is 5.43. The SMILES string of the molecule is Cc1ccc(-c2ccnc3c2ccc2c(-c4cccc(S(=O)(=O)O)c4)ccnc23)cc1. The summed E-state index contributed by atoms with van der Waals surface area (Å²) >= 11 is 0. The Morgan fingerprint density at radius 2 is 1.29 bits per heavy atom. The van der Waals surface area contributed by atoms with Gasteiger partial charge in [0.05, 0.1) is 15.9 Å². The summed E-state index contributed by atoms with van der Waals surface area (Å²) in [5.74, 6) is 0. The maximum absolute atomic E-state index is 11.6. The highest BCUT2D eigenvalue weighted by Gasteiger charge is 2.14. The highest BCUT2D eigenvalue weighted by molar-refractivity contribution is 7.85. The van der Waals surface area contributed by atoms with Gasteiger partial charge in [-0.25, -0.2) is 0 Å². The number of pyridine rings is 2. The molecule has 3 aromatic carbocycles. The van der Waals surface area contributed by atoms with E-state index in [4.69, 9.17) is 0 Å². The fraction of sp³-hybridized carbons (Fsp3) is 0.0400. The lowest BCUT2D eigenvalue weighted by molar-refractivity contribution is 0.483. The molecule has 5 rings (SSSR count). The van der Waals surface area contributed by atoms with Crippen LogP contribution >= 0.6 is 0 Å². The van der Waals surface area contributed by atoms with Crippen molar-refractivity contribution in [3.05, 3.63) is 90.8 Å². The molecule has 0 unspecified atom stereocenters. The number of hydrogen-bond donors (Lipinski definition) is 1. The molecule has 0 atom stereocenters. The third-order valence-corrected chi connectivity index (χ3v) is 6.28. The van der Waals surface area contributed by atoms with Gasteiger partial charge in [-0.15, -0.1) is 0 Å². The molecule has 1 N–H and O–H groups in total. The Labute approximate surface area is 179 Å². The average Bonchev–Trinajstić information content (AvgIpc) is 2.78. The average molecular weight is 426 g/mol. The minimum atomic E-state index is -4.29. The monoisotopic (exact) mass is 426 g/mol. The summed E-state index contributed by atoms with van der Waals surface area (Å²) in [6.45, 7) is 2.06. The molecule has 2 heterocycles. The van der Waals surface area contributed by atoms with Crippen molar-refractivity contribution in [3.8, 4) is 22.3 Å². The number of aromatic nitrogens is 2. The van der Waals surface area contributed by atoms with Crippen molar-refractivity contribution < 1.29 is 13.0 Å². The van der Waals surface area contributed by atoms with Gasteiger partial charge >= 0.3 is 0 Å². The Kier molecular flexibility index (Phi) is 4.54. The topological polar surface area (TPSA) is 80.2 Å². The van der Waals surface area contributed by atoms with E-state index in [1.54, 1.807) is 18.5 Å². The predicted molar refractivity (Wildman–Crippen MR) is 122 cm³/mol. The van der Waals surface area contributed by atoms with Crippen LogP contribution < -0.4 is 0 Å². The van der Waals surface area contributed by atoms with Crippen LogP contribution in [-0.2, 0) is 10.1 Å². The van der Waals surface area contributed by atoms with Crippen molar-refractivity contribution in [2.45, 2.75) is 11.8 Å². The van der Waals surface area contributed by atoms with Gasteiger partial charge < -0.3 is 0 Å². The van der Waals surface area contributed by atoms with Gasteiger partial charge in [-0.05, 0) is 53.4 Å². The zero-order valence-electron chi connectivity index (χ0n) is 16.6. The maximum atomic E-state index is 11.6. The summed E-state index contributed by atoms with van der Waals surface area (Å²) in [6, 6.07) is 22.5. The first-order valence-corrected chi connectivity index (χ1v) is 11.2. The molecule has 0 spiro atoms. The van der Waals surface area contributed by atoms with Gasteiger partial charge in [0.15, 0.2) is 0 Å². The maximum Gasteiger partial charge on any atom is 0.294 e. The summed E-state index contributed by atoms with van der Waals surface area (Å²) in [7, 11) is -4.29. The number of hydrogen-bond acceptors (Lipinski definition) is 4. The minimum absolute atomic E-state index is 0.143. The highest BCUT2D eigenvalue weighted by Crippen LogP contribution is 2.35. The summed E-state index contributed by atoms with van der Waals surface area (Å²) in [6.07, 6.45) is 3.47. The van der Waals surface area contributed by atoms with E-state index in [2.05, 4.69) is 41.2 Å². The van der Waals surface area contributed by atoms with Gasteiger partial charge in [0.2, 0.25) is 0 Å². The van der Waals surface area contributed by atoms with E-state index in [0.29, 0.717) is 5.56 Å². The molecule has 0 amide bonds. The lowest BCUT2D eigenvalue weighted by atomic mass is 9.96. The first kappa shape index (κ1) is 19.4. The summed E-state index contributed by atoms with van der Waals surface area (Å²) in [4.78, 5) is 9.05. The molecule has 0 aliphatic heterocycles. The van der Waals surface area contributed by atoms with Crippen LogP contribution in [0.15, 0.2) is 90.1 Å². The first-order valence-electron chi connectivity index (χ1n) is 9.73. The smallest absolute Gasteiger partial charge is 0.282 e. The lowest BCUT2D eigenvalue weighted by Gasteiger charge is -2.11. The number of benzene rings is 3. The molecule has 0 aliphatic carbocycles. The second-order valence-corrected chi connectivity index (χ2v) is 8.87. The van der Waals surface area contributed by atoms with Crippen molar-refractivity contribution in [3.63, 3.8) is 0 Å². The van der Waals surface area contributed by atoms with Crippen LogP contribution in [0.1, 0.15) is 5.56 Å². The minimum Gasteiger partial charge on any atom is -0.282 e. The molecule has 31 heavy (non-hydrogen) atoms. The van der Waals surface area contributed by atoms with Crippen molar-refractivity contribution in [2.24, 2.45) is 0 Å². The molecular formula is C25H18N2O3S. The Bertz CT molecular complexity index is 1560. The van der Waals surface area contributed by atoms with Gasteiger partial charge in [0.25, 0.3) is 10.1 Å². The zero-order valence-corrected chi connectivity index (χ0v) is 17.5. The fourth-order valence-corrected chi connectivity index (χ4v) is 4.42. The van der Waals surface area contributed by atoms with Crippen molar-refractivity contribution >= 4 is 31.9 Å². The second kappa shape index (κ2) is 7.27. The Balaban J connectivity index is 1.75. The first-order chi connectivity index (χ1) is 14.9. The molecule has 0 bridgehead atoms. The number of nitrogens with zero attached hydrogens (tertiary/aromatic N) is 2. The molecule has 5 nitrogen and oxygen atoms in total. The van der Waals surface area contributed by atoms with Gasteiger partial charge in [0, 0.05) is 23.2 Å². The predicted octanol–water partition coefficient (Wildman–Crippen LogP) is 5.67. The normalized spacial score (nSPS) is 11.8. The van der Waals surface area contributed by atoms with E-state index < -0.39 is 10.1 Å². The number of rotatable bonds is 3. The molecule has 0 saturated carbocycles. The highest BCUT2D eigenvalue weighted by atomic mass is 32.2. The molecule has 2 aromatic heterocycles. The van der Waals surface area contributed by atoms with E-state index in [-0.39, 0.29) is 4.90 Å². The number of fused-ring (bicyclic) bond motifs is 3. The molecule has 5 aromatic rings. The van der Waals surface area contributed by atoms with Gasteiger partial charge in [-0.1, -0.05) is 54.1 Å². The van der Waals surface area contributed by atoms with Crippen LogP contribution in [0.5, 0.6) is 0 Å². The molecular weight excluding hydrogens is 408 g/mol. The Morgan fingerprint density at radius 3 is 1.87 bits per heavy atom. The second-order valence-electron chi connectivity index (χ2n) is 7.44. The van der Waals surface area contributed by atoms with E-state index in [0.717, 1.165) is 38.5 Å².